The first kappa shape index (κ1) is 37.8. The van der Waals surface area contributed by atoms with E-state index in [1.165, 1.54) is 24.3 Å². The molecule has 0 heterocycles. The Morgan fingerprint density at radius 1 is 0.756 bits per heavy atom. The molecule has 0 fully saturated rings. The van der Waals surface area contributed by atoms with Gasteiger partial charge >= 0.3 is 0 Å². The Morgan fingerprint density at radius 2 is 1.17 bits per heavy atom. The molecule has 0 spiro atoms. The van der Waals surface area contributed by atoms with Crippen LogP contribution >= 0.6 is 62.3 Å². The molecule has 2 amide bonds. The van der Waals surface area contributed by atoms with E-state index in [2.05, 4.69) is 26.6 Å². The van der Waals surface area contributed by atoms with Crippen LogP contribution in [0.4, 0.5) is 8.78 Å². The second-order valence-electron chi connectivity index (χ2n) is 8.59. The predicted molar refractivity (Wildman–Crippen MR) is 161 cm³/mol. The predicted octanol–water partition coefficient (Wildman–Crippen LogP) is 4.67. The summed E-state index contributed by atoms with van der Waals surface area (Å²) in [7, 11) is -6.56. The minimum Gasteiger partial charge on any atom is -0.348 e. The quantitative estimate of drug-likeness (QED) is 0.303. The molecule has 17 heteroatoms. The monoisotopic (exact) mass is 760 g/mol. The van der Waals surface area contributed by atoms with E-state index in [4.69, 9.17) is 46.4 Å². The molecule has 2 N–H and O–H groups in total. The van der Waals surface area contributed by atoms with Crippen molar-refractivity contribution in [3.05, 3.63) is 59.7 Å². The molecular weight excluding hydrogens is 736 g/mol. The molecule has 0 radical (unpaired) electrons. The van der Waals surface area contributed by atoms with Gasteiger partial charge in [0.15, 0.2) is 29.3 Å². The van der Waals surface area contributed by atoms with Gasteiger partial charge in [0.2, 0.25) is 0 Å². The second-order valence-corrected chi connectivity index (χ2v) is 15.8. The molecule has 0 bridgehead atoms. The molecule has 0 aromatic heterocycles. The number of amides is 2. The van der Waals surface area contributed by atoms with Gasteiger partial charge in [-0.25, -0.2) is 25.6 Å². The maximum atomic E-state index is 13.1. The fourth-order valence-corrected chi connectivity index (χ4v) is 5.22. The van der Waals surface area contributed by atoms with Gasteiger partial charge in [-0.15, -0.1) is 0 Å². The Kier molecular flexibility index (Phi) is 15.8. The zero-order valence-electron chi connectivity index (χ0n) is 21.5. The van der Waals surface area contributed by atoms with Crippen molar-refractivity contribution in [2.45, 2.75) is 42.8 Å². The number of carbonyl (C=O) groups excluding carboxylic acids is 2. The van der Waals surface area contributed by atoms with Crippen LogP contribution in [0.25, 0.3) is 0 Å². The SMILES string of the molecule is CS(=O)(=O)c1ccc(C[C@@H](CF)NC(=O)C(Cl)Cl)cc1.CS(=O)(=O)c1ccc([C@H](Br)[C@@H](CF)NC(=O)C(Cl)Cl)cc1. The fraction of sp³-hybridized carbons (Fsp3) is 0.417. The molecule has 41 heavy (non-hydrogen) atoms. The molecule has 230 valence electrons. The lowest BCUT2D eigenvalue weighted by molar-refractivity contribution is -0.121. The summed E-state index contributed by atoms with van der Waals surface area (Å²) in [5, 5.41) is 4.73. The molecule has 2 rings (SSSR count). The van der Waals surface area contributed by atoms with Crippen LogP contribution < -0.4 is 10.6 Å². The summed E-state index contributed by atoms with van der Waals surface area (Å²) in [6.45, 7) is -1.62. The first-order valence-electron chi connectivity index (χ1n) is 11.4. The number of benzene rings is 2. The van der Waals surface area contributed by atoms with Crippen LogP contribution in [0.15, 0.2) is 58.3 Å². The summed E-state index contributed by atoms with van der Waals surface area (Å²) in [6, 6.07) is 10.3. The summed E-state index contributed by atoms with van der Waals surface area (Å²) in [5.41, 5.74) is 1.31. The van der Waals surface area contributed by atoms with Gasteiger partial charge in [0.1, 0.15) is 13.3 Å². The largest absolute Gasteiger partial charge is 0.348 e. The number of hydrogen-bond donors (Lipinski definition) is 2. The summed E-state index contributed by atoms with van der Waals surface area (Å²) in [5.74, 6) is -1.36. The van der Waals surface area contributed by atoms with E-state index in [0.29, 0.717) is 11.1 Å². The van der Waals surface area contributed by atoms with Crippen molar-refractivity contribution in [3.63, 3.8) is 0 Å². The third-order valence-corrected chi connectivity index (χ3v) is 9.45. The zero-order chi connectivity index (χ0) is 31.5. The molecule has 3 atom stereocenters. The number of rotatable bonds is 12. The maximum absolute atomic E-state index is 13.1. The third kappa shape index (κ3) is 13.3. The van der Waals surface area contributed by atoms with E-state index in [1.807, 2.05) is 0 Å². The van der Waals surface area contributed by atoms with Gasteiger partial charge in [-0.3, -0.25) is 9.59 Å². The van der Waals surface area contributed by atoms with Crippen molar-refractivity contribution in [3.8, 4) is 0 Å². The third-order valence-electron chi connectivity index (χ3n) is 5.24. The van der Waals surface area contributed by atoms with Gasteiger partial charge in [-0.1, -0.05) is 86.6 Å². The molecule has 2 aromatic carbocycles. The number of carbonyl (C=O) groups is 2. The standard InChI is InChI=1S/C12H13BrCl2FNO3S.C12H14Cl2FNO3S/c1-21(19,20)8-4-2-7(3-5-8)10(13)9(6-16)17-12(18)11(14)15;1-20(18,19)10-4-2-8(3-5-10)6-9(7-15)16-12(17)11(13)14/h2-5,9-11H,6H2,1H3,(H,17,18);2-5,9,11H,6-7H2,1H3,(H,16,17)/t9-,10+;9-/m10/s1. The van der Waals surface area contributed by atoms with Gasteiger partial charge < -0.3 is 10.6 Å². The first-order valence-corrected chi connectivity index (χ1v) is 17.9. The van der Waals surface area contributed by atoms with E-state index in [0.717, 1.165) is 12.5 Å². The van der Waals surface area contributed by atoms with Crippen molar-refractivity contribution >= 4 is 93.8 Å². The van der Waals surface area contributed by atoms with Gasteiger partial charge in [0.25, 0.3) is 11.8 Å². The van der Waals surface area contributed by atoms with Crippen molar-refractivity contribution in [2.24, 2.45) is 0 Å². The molecule has 8 nitrogen and oxygen atoms in total. The van der Waals surface area contributed by atoms with E-state index in [9.17, 15) is 35.2 Å². The number of nitrogens with one attached hydrogen (secondary N) is 2. The Bertz CT molecular complexity index is 1370. The highest BCUT2D eigenvalue weighted by molar-refractivity contribution is 9.09. The Morgan fingerprint density at radius 3 is 1.54 bits per heavy atom. The molecule has 0 saturated carbocycles. The lowest BCUT2D eigenvalue weighted by atomic mass is 10.1. The molecule has 2 aromatic rings. The molecule has 0 aliphatic heterocycles. The molecule has 0 aliphatic rings. The number of alkyl halides is 7. The van der Waals surface area contributed by atoms with E-state index >= 15 is 0 Å². The summed E-state index contributed by atoms with van der Waals surface area (Å²) in [4.78, 5) is 19.9. The van der Waals surface area contributed by atoms with Crippen LogP contribution in [-0.2, 0) is 35.7 Å². The van der Waals surface area contributed by atoms with Gasteiger partial charge in [0, 0.05) is 12.5 Å². The smallest absolute Gasteiger partial charge is 0.253 e. The molecule has 0 saturated heterocycles. The van der Waals surface area contributed by atoms with E-state index in [-0.39, 0.29) is 16.2 Å². The van der Waals surface area contributed by atoms with Crippen LogP contribution in [-0.4, -0.2) is 76.3 Å². The number of halogens is 7. The van der Waals surface area contributed by atoms with Gasteiger partial charge in [-0.2, -0.15) is 0 Å². The van der Waals surface area contributed by atoms with Crippen molar-refractivity contribution < 1.29 is 35.2 Å². The van der Waals surface area contributed by atoms with Crippen molar-refractivity contribution in [2.75, 3.05) is 25.9 Å². The van der Waals surface area contributed by atoms with Crippen LogP contribution in [0.5, 0.6) is 0 Å². The number of hydrogen-bond acceptors (Lipinski definition) is 6. The Labute approximate surface area is 266 Å². The minimum atomic E-state index is -3.30. The topological polar surface area (TPSA) is 126 Å². The Hall–Kier alpha value is -1.22. The highest BCUT2D eigenvalue weighted by atomic mass is 79.9. The zero-order valence-corrected chi connectivity index (χ0v) is 27.8. The van der Waals surface area contributed by atoms with Crippen LogP contribution in [0, 0.1) is 0 Å². The van der Waals surface area contributed by atoms with E-state index < -0.39 is 71.4 Å². The normalized spacial score (nSPS) is 14.0. The summed E-state index contributed by atoms with van der Waals surface area (Å²) >= 11 is 24.8. The summed E-state index contributed by atoms with van der Waals surface area (Å²) < 4.78 is 71.2. The molecule has 0 aliphatic carbocycles. The van der Waals surface area contributed by atoms with Crippen LogP contribution in [0.2, 0.25) is 0 Å². The van der Waals surface area contributed by atoms with Gasteiger partial charge in [-0.05, 0) is 41.8 Å². The molecular formula is C24H27BrCl4F2N2O6S2. The fourth-order valence-electron chi connectivity index (χ4n) is 3.13. The van der Waals surface area contributed by atoms with E-state index in [1.54, 1.807) is 24.3 Å². The highest BCUT2D eigenvalue weighted by Crippen LogP contribution is 2.28. The first-order chi connectivity index (χ1) is 18.9. The summed E-state index contributed by atoms with van der Waals surface area (Å²) in [6.07, 6.45) is 2.42. The lowest BCUT2D eigenvalue weighted by Crippen LogP contribution is -2.41. The van der Waals surface area contributed by atoms with Crippen molar-refractivity contribution in [1.82, 2.24) is 10.6 Å². The second kappa shape index (κ2) is 17.2. The average molecular weight is 763 g/mol. The number of sulfone groups is 2. The average Bonchev–Trinajstić information content (AvgIpc) is 2.90. The minimum absolute atomic E-state index is 0.161. The Balaban J connectivity index is 0.000000410. The van der Waals surface area contributed by atoms with Crippen LogP contribution in [0.1, 0.15) is 16.0 Å². The molecule has 0 unspecified atom stereocenters. The lowest BCUT2D eigenvalue weighted by Gasteiger charge is -2.22. The highest BCUT2D eigenvalue weighted by Gasteiger charge is 2.25. The van der Waals surface area contributed by atoms with Crippen molar-refractivity contribution in [1.29, 1.82) is 0 Å². The van der Waals surface area contributed by atoms with Crippen LogP contribution in [0.3, 0.4) is 0 Å². The maximum Gasteiger partial charge on any atom is 0.253 e. The van der Waals surface area contributed by atoms with Gasteiger partial charge in [0.05, 0.1) is 26.7 Å².